The van der Waals surface area contributed by atoms with Crippen molar-refractivity contribution >= 4 is 5.91 Å². The molecule has 0 spiro atoms. The van der Waals surface area contributed by atoms with Gasteiger partial charge in [-0.2, -0.15) is 0 Å². The van der Waals surface area contributed by atoms with Crippen molar-refractivity contribution in [2.45, 2.75) is 26.1 Å². The van der Waals surface area contributed by atoms with Crippen LogP contribution >= 0.6 is 0 Å². The summed E-state index contributed by atoms with van der Waals surface area (Å²) in [5.74, 6) is -0.0389. The van der Waals surface area contributed by atoms with Gasteiger partial charge in [-0.1, -0.05) is 0 Å². The zero-order chi connectivity index (χ0) is 12.7. The maximum atomic E-state index is 11.6. The third-order valence-corrected chi connectivity index (χ3v) is 2.19. The summed E-state index contributed by atoms with van der Waals surface area (Å²) in [7, 11) is 3.47. The molecular weight excluding hydrogens is 220 g/mol. The summed E-state index contributed by atoms with van der Waals surface area (Å²) >= 11 is 0. The lowest BCUT2D eigenvalue weighted by Crippen LogP contribution is -2.37. The molecule has 0 bridgehead atoms. The molecule has 0 aliphatic carbocycles. The van der Waals surface area contributed by atoms with Crippen LogP contribution < -0.4 is 10.6 Å². The first-order chi connectivity index (χ1) is 8.15. The second-order valence-corrected chi connectivity index (χ2v) is 3.99. The average Bonchev–Trinajstić information content (AvgIpc) is 2.66. The number of carbonyl (C=O) groups excluding carboxylic acids is 1. The van der Waals surface area contributed by atoms with Gasteiger partial charge in [-0.3, -0.25) is 4.79 Å². The van der Waals surface area contributed by atoms with E-state index >= 15 is 0 Å². The van der Waals surface area contributed by atoms with Crippen molar-refractivity contribution < 1.29 is 9.53 Å². The Morgan fingerprint density at radius 2 is 2.41 bits per heavy atom. The fourth-order valence-corrected chi connectivity index (χ4v) is 1.54. The van der Waals surface area contributed by atoms with Crippen LogP contribution in [0.1, 0.15) is 12.6 Å². The Kier molecular flexibility index (Phi) is 5.65. The summed E-state index contributed by atoms with van der Waals surface area (Å²) in [4.78, 5) is 15.8. The summed E-state index contributed by atoms with van der Waals surface area (Å²) in [5, 5.41) is 5.85. The van der Waals surface area contributed by atoms with Crippen LogP contribution in [0.2, 0.25) is 0 Å². The molecule has 0 aliphatic heterocycles. The van der Waals surface area contributed by atoms with Crippen LogP contribution in [0.4, 0.5) is 0 Å². The summed E-state index contributed by atoms with van der Waals surface area (Å²) < 4.78 is 6.71. The van der Waals surface area contributed by atoms with Crippen molar-refractivity contribution in [3.8, 4) is 0 Å². The monoisotopic (exact) mass is 240 g/mol. The summed E-state index contributed by atoms with van der Waals surface area (Å²) in [6, 6.07) is 0.0211. The molecule has 6 nitrogen and oxygen atoms in total. The first-order valence-corrected chi connectivity index (χ1v) is 5.59. The number of rotatable bonds is 7. The molecule has 0 saturated carbocycles. The molecule has 0 aliphatic rings. The molecule has 1 rings (SSSR count). The van der Waals surface area contributed by atoms with Crippen LogP contribution in [0.5, 0.6) is 0 Å². The lowest BCUT2D eigenvalue weighted by atomic mass is 10.3. The fourth-order valence-electron chi connectivity index (χ4n) is 1.54. The Labute approximate surface area is 101 Å². The SMILES string of the molecule is CNCc1cn(CC(=O)NC(C)COC)cn1. The topological polar surface area (TPSA) is 68.2 Å². The number of carbonyl (C=O) groups is 1. The van der Waals surface area contributed by atoms with Gasteiger partial charge in [-0.05, 0) is 14.0 Å². The molecule has 0 saturated heterocycles. The minimum atomic E-state index is -0.0389. The molecule has 1 heterocycles. The van der Waals surface area contributed by atoms with Crippen molar-refractivity contribution in [3.63, 3.8) is 0 Å². The Morgan fingerprint density at radius 3 is 3.06 bits per heavy atom. The predicted octanol–water partition coefficient (Wildman–Crippen LogP) is -0.246. The molecule has 2 N–H and O–H groups in total. The number of hydrogen-bond donors (Lipinski definition) is 2. The number of imidazole rings is 1. The molecule has 96 valence electrons. The molecule has 1 atom stereocenters. The highest BCUT2D eigenvalue weighted by Gasteiger charge is 2.08. The number of aromatic nitrogens is 2. The number of hydrogen-bond acceptors (Lipinski definition) is 4. The Balaban J connectivity index is 2.39. The van der Waals surface area contributed by atoms with Gasteiger partial charge < -0.3 is 19.9 Å². The van der Waals surface area contributed by atoms with E-state index in [1.807, 2.05) is 20.2 Å². The molecule has 1 aromatic rings. The van der Waals surface area contributed by atoms with Gasteiger partial charge in [0.25, 0.3) is 0 Å². The van der Waals surface area contributed by atoms with Crippen molar-refractivity contribution in [1.29, 1.82) is 0 Å². The van der Waals surface area contributed by atoms with Gasteiger partial charge in [0.1, 0.15) is 6.54 Å². The van der Waals surface area contributed by atoms with Crippen LogP contribution in [0.25, 0.3) is 0 Å². The van der Waals surface area contributed by atoms with Crippen LogP contribution in [-0.4, -0.2) is 42.3 Å². The standard InChI is InChI=1S/C11H20N4O2/c1-9(7-17-3)14-11(16)6-15-5-10(4-12-2)13-8-15/h5,8-9,12H,4,6-7H2,1-3H3,(H,14,16). The number of nitrogens with one attached hydrogen (secondary N) is 2. The second-order valence-electron chi connectivity index (χ2n) is 3.99. The molecule has 1 unspecified atom stereocenters. The quantitative estimate of drug-likeness (QED) is 0.690. The van der Waals surface area contributed by atoms with Gasteiger partial charge >= 0.3 is 0 Å². The summed E-state index contributed by atoms with van der Waals surface area (Å²) in [5.41, 5.74) is 0.922. The zero-order valence-electron chi connectivity index (χ0n) is 10.6. The van der Waals surface area contributed by atoms with E-state index in [1.165, 1.54) is 0 Å². The Morgan fingerprint density at radius 1 is 1.65 bits per heavy atom. The first-order valence-electron chi connectivity index (χ1n) is 5.59. The van der Waals surface area contributed by atoms with E-state index in [4.69, 9.17) is 4.74 Å². The van der Waals surface area contributed by atoms with Crippen molar-refractivity contribution in [2.75, 3.05) is 20.8 Å². The summed E-state index contributed by atoms with van der Waals surface area (Å²) in [6.45, 7) is 3.40. The third-order valence-electron chi connectivity index (χ3n) is 2.19. The Hall–Kier alpha value is -1.40. The maximum Gasteiger partial charge on any atom is 0.240 e. The van der Waals surface area contributed by atoms with Crippen LogP contribution in [0.3, 0.4) is 0 Å². The van der Waals surface area contributed by atoms with Crippen LogP contribution in [-0.2, 0) is 22.6 Å². The molecule has 6 heteroatoms. The highest BCUT2D eigenvalue weighted by molar-refractivity contribution is 5.76. The number of ether oxygens (including phenoxy) is 1. The van der Waals surface area contributed by atoms with Gasteiger partial charge in [0.2, 0.25) is 5.91 Å². The normalized spacial score (nSPS) is 12.4. The van der Waals surface area contributed by atoms with Gasteiger partial charge in [0, 0.05) is 25.9 Å². The average molecular weight is 240 g/mol. The number of amides is 1. The molecule has 1 amide bonds. The third kappa shape index (κ3) is 4.97. The van der Waals surface area contributed by atoms with E-state index in [0.717, 1.165) is 5.69 Å². The number of methoxy groups -OCH3 is 1. The number of nitrogens with zero attached hydrogens (tertiary/aromatic N) is 2. The van der Waals surface area contributed by atoms with E-state index in [2.05, 4.69) is 15.6 Å². The molecule has 0 fully saturated rings. The minimum Gasteiger partial charge on any atom is -0.383 e. The first kappa shape index (κ1) is 13.7. The highest BCUT2D eigenvalue weighted by Crippen LogP contribution is 1.95. The van der Waals surface area contributed by atoms with Gasteiger partial charge in [0.05, 0.1) is 18.6 Å². The molecule has 1 aromatic heterocycles. The molecule has 0 radical (unpaired) electrons. The van der Waals surface area contributed by atoms with Gasteiger partial charge in [-0.25, -0.2) is 4.98 Å². The van der Waals surface area contributed by atoms with E-state index in [9.17, 15) is 4.79 Å². The maximum absolute atomic E-state index is 11.6. The lowest BCUT2D eigenvalue weighted by Gasteiger charge is -2.12. The van der Waals surface area contributed by atoms with Crippen molar-refractivity contribution in [3.05, 3.63) is 18.2 Å². The van der Waals surface area contributed by atoms with E-state index in [0.29, 0.717) is 13.2 Å². The molecule has 17 heavy (non-hydrogen) atoms. The van der Waals surface area contributed by atoms with E-state index < -0.39 is 0 Å². The summed E-state index contributed by atoms with van der Waals surface area (Å²) in [6.07, 6.45) is 3.52. The largest absolute Gasteiger partial charge is 0.383 e. The second kappa shape index (κ2) is 7.03. The van der Waals surface area contributed by atoms with Gasteiger partial charge in [0.15, 0.2) is 0 Å². The highest BCUT2D eigenvalue weighted by atomic mass is 16.5. The molecular formula is C11H20N4O2. The predicted molar refractivity (Wildman–Crippen MR) is 64.5 cm³/mol. The van der Waals surface area contributed by atoms with E-state index in [-0.39, 0.29) is 18.5 Å². The van der Waals surface area contributed by atoms with Crippen molar-refractivity contribution in [2.24, 2.45) is 0 Å². The van der Waals surface area contributed by atoms with Crippen LogP contribution in [0, 0.1) is 0 Å². The Bertz CT molecular complexity index is 351. The van der Waals surface area contributed by atoms with E-state index in [1.54, 1.807) is 18.0 Å². The van der Waals surface area contributed by atoms with Crippen molar-refractivity contribution in [1.82, 2.24) is 20.2 Å². The lowest BCUT2D eigenvalue weighted by molar-refractivity contribution is -0.122. The smallest absolute Gasteiger partial charge is 0.240 e. The molecule has 0 aromatic carbocycles. The van der Waals surface area contributed by atoms with Gasteiger partial charge in [-0.15, -0.1) is 0 Å². The van der Waals surface area contributed by atoms with Crippen LogP contribution in [0.15, 0.2) is 12.5 Å². The fraction of sp³-hybridized carbons (Fsp3) is 0.636. The minimum absolute atomic E-state index is 0.0211. The zero-order valence-corrected chi connectivity index (χ0v) is 10.6.